The normalized spacial score (nSPS) is 12.6. The number of aryl methyl sites for hydroxylation is 1. The van der Waals surface area contributed by atoms with Crippen LogP contribution in [0.15, 0.2) is 30.6 Å². The van der Waals surface area contributed by atoms with Gasteiger partial charge in [0, 0.05) is 34.0 Å². The molecular formula is C14H17FN2S. The first-order chi connectivity index (χ1) is 8.74. The Morgan fingerprint density at radius 1 is 1.33 bits per heavy atom. The molecule has 2 rings (SSSR count). The van der Waals surface area contributed by atoms with Crippen LogP contribution in [0.4, 0.5) is 4.39 Å². The monoisotopic (exact) mass is 264 g/mol. The van der Waals surface area contributed by atoms with Crippen molar-refractivity contribution in [1.82, 2.24) is 10.3 Å². The number of rotatable bonds is 5. The fraction of sp³-hybridized carbons (Fsp3) is 0.357. The third-order valence-corrected chi connectivity index (χ3v) is 4.25. The van der Waals surface area contributed by atoms with Crippen molar-refractivity contribution in [2.45, 2.75) is 25.8 Å². The summed E-state index contributed by atoms with van der Waals surface area (Å²) in [5.41, 5.74) is 0.680. The number of thiophene rings is 1. The minimum absolute atomic E-state index is 0.00337. The predicted molar refractivity (Wildman–Crippen MR) is 73.4 cm³/mol. The van der Waals surface area contributed by atoms with Crippen molar-refractivity contribution in [2.24, 2.45) is 0 Å². The molecule has 0 aromatic carbocycles. The SMILES string of the molecule is CCc1ccc(CC(NC)c2ccncc2F)s1. The molecule has 1 atom stereocenters. The van der Waals surface area contributed by atoms with Crippen LogP contribution in [0.25, 0.3) is 0 Å². The molecule has 1 N–H and O–H groups in total. The Bertz CT molecular complexity index is 510. The van der Waals surface area contributed by atoms with Crippen molar-refractivity contribution in [3.8, 4) is 0 Å². The van der Waals surface area contributed by atoms with Gasteiger partial charge in [-0.2, -0.15) is 0 Å². The molecule has 96 valence electrons. The minimum atomic E-state index is -0.246. The molecule has 0 spiro atoms. The van der Waals surface area contributed by atoms with Crippen LogP contribution in [-0.4, -0.2) is 12.0 Å². The van der Waals surface area contributed by atoms with Crippen molar-refractivity contribution in [3.63, 3.8) is 0 Å². The van der Waals surface area contributed by atoms with Crippen LogP contribution >= 0.6 is 11.3 Å². The molecule has 0 aliphatic rings. The maximum absolute atomic E-state index is 13.7. The van der Waals surface area contributed by atoms with Crippen molar-refractivity contribution in [2.75, 3.05) is 7.05 Å². The zero-order chi connectivity index (χ0) is 13.0. The number of nitrogens with zero attached hydrogens (tertiary/aromatic N) is 1. The van der Waals surface area contributed by atoms with E-state index in [9.17, 15) is 4.39 Å². The van der Waals surface area contributed by atoms with Crippen LogP contribution < -0.4 is 5.32 Å². The van der Waals surface area contributed by atoms with E-state index in [-0.39, 0.29) is 11.9 Å². The largest absolute Gasteiger partial charge is 0.313 e. The fourth-order valence-electron chi connectivity index (χ4n) is 1.96. The molecule has 2 aromatic heterocycles. The average Bonchev–Trinajstić information content (AvgIpc) is 2.85. The standard InChI is InChI=1S/C14H17FN2S/c1-3-10-4-5-11(18-10)8-14(16-2)12-6-7-17-9-13(12)15/h4-7,9,14,16H,3,8H2,1-2H3. The van der Waals surface area contributed by atoms with Gasteiger partial charge in [0.1, 0.15) is 5.82 Å². The third-order valence-electron chi connectivity index (χ3n) is 3.00. The average molecular weight is 264 g/mol. The number of hydrogen-bond donors (Lipinski definition) is 1. The summed E-state index contributed by atoms with van der Waals surface area (Å²) in [7, 11) is 1.86. The molecule has 1 unspecified atom stereocenters. The summed E-state index contributed by atoms with van der Waals surface area (Å²) in [5, 5.41) is 3.17. The second-order valence-corrected chi connectivity index (χ2v) is 5.42. The van der Waals surface area contributed by atoms with Crippen molar-refractivity contribution < 1.29 is 4.39 Å². The van der Waals surface area contributed by atoms with E-state index in [1.54, 1.807) is 23.6 Å². The lowest BCUT2D eigenvalue weighted by atomic mass is 10.0. The van der Waals surface area contributed by atoms with Crippen LogP contribution in [-0.2, 0) is 12.8 Å². The van der Waals surface area contributed by atoms with E-state index in [1.807, 2.05) is 7.05 Å². The van der Waals surface area contributed by atoms with Gasteiger partial charge < -0.3 is 5.32 Å². The summed E-state index contributed by atoms with van der Waals surface area (Å²) in [6.07, 6.45) is 4.76. The number of halogens is 1. The highest BCUT2D eigenvalue weighted by Gasteiger charge is 2.15. The summed E-state index contributed by atoms with van der Waals surface area (Å²) >= 11 is 1.80. The highest BCUT2D eigenvalue weighted by atomic mass is 32.1. The first kappa shape index (κ1) is 13.2. The molecule has 2 heterocycles. The highest BCUT2D eigenvalue weighted by Crippen LogP contribution is 2.25. The van der Waals surface area contributed by atoms with Gasteiger partial charge in [-0.1, -0.05) is 6.92 Å². The minimum Gasteiger partial charge on any atom is -0.313 e. The van der Waals surface area contributed by atoms with Gasteiger partial charge in [-0.05, 0) is 31.7 Å². The molecule has 0 aliphatic heterocycles. The lowest BCUT2D eigenvalue weighted by Gasteiger charge is -2.16. The Labute approximate surface area is 111 Å². The summed E-state index contributed by atoms with van der Waals surface area (Å²) in [4.78, 5) is 6.44. The van der Waals surface area contributed by atoms with Crippen LogP contribution in [0, 0.1) is 5.82 Å². The van der Waals surface area contributed by atoms with Crippen molar-refractivity contribution in [1.29, 1.82) is 0 Å². The molecule has 2 nitrogen and oxygen atoms in total. The van der Waals surface area contributed by atoms with E-state index in [0.29, 0.717) is 5.56 Å². The van der Waals surface area contributed by atoms with Gasteiger partial charge >= 0.3 is 0 Å². The molecular weight excluding hydrogens is 247 g/mol. The quantitative estimate of drug-likeness (QED) is 0.896. The topological polar surface area (TPSA) is 24.9 Å². The van der Waals surface area contributed by atoms with E-state index in [2.05, 4.69) is 29.4 Å². The van der Waals surface area contributed by atoms with Gasteiger partial charge in [0.15, 0.2) is 0 Å². The maximum Gasteiger partial charge on any atom is 0.146 e. The Morgan fingerprint density at radius 2 is 2.11 bits per heavy atom. The Hall–Kier alpha value is -1.26. The molecule has 0 radical (unpaired) electrons. The van der Waals surface area contributed by atoms with E-state index in [4.69, 9.17) is 0 Å². The predicted octanol–water partition coefficient (Wildman–Crippen LogP) is 3.35. The fourth-order valence-corrected chi connectivity index (χ4v) is 2.96. The second-order valence-electron chi connectivity index (χ2n) is 4.16. The molecule has 18 heavy (non-hydrogen) atoms. The summed E-state index contributed by atoms with van der Waals surface area (Å²) in [6.45, 7) is 2.15. The molecule has 0 aliphatic carbocycles. The van der Waals surface area contributed by atoms with Crippen LogP contribution in [0.3, 0.4) is 0 Å². The van der Waals surface area contributed by atoms with Gasteiger partial charge in [-0.15, -0.1) is 11.3 Å². The smallest absolute Gasteiger partial charge is 0.146 e. The zero-order valence-corrected chi connectivity index (χ0v) is 11.4. The van der Waals surface area contributed by atoms with E-state index < -0.39 is 0 Å². The van der Waals surface area contributed by atoms with E-state index >= 15 is 0 Å². The van der Waals surface area contributed by atoms with Gasteiger partial charge in [0.25, 0.3) is 0 Å². The molecule has 0 amide bonds. The first-order valence-electron chi connectivity index (χ1n) is 6.08. The Kier molecular flexibility index (Phi) is 4.44. The van der Waals surface area contributed by atoms with Crippen molar-refractivity contribution in [3.05, 3.63) is 51.7 Å². The number of aromatic nitrogens is 1. The molecule has 0 saturated carbocycles. The van der Waals surface area contributed by atoms with E-state index in [0.717, 1.165) is 12.8 Å². The van der Waals surface area contributed by atoms with Crippen LogP contribution in [0.2, 0.25) is 0 Å². The number of likely N-dealkylation sites (N-methyl/N-ethyl adjacent to an activating group) is 1. The lowest BCUT2D eigenvalue weighted by molar-refractivity contribution is 0.532. The number of pyridine rings is 1. The third kappa shape index (κ3) is 2.94. The van der Waals surface area contributed by atoms with Crippen molar-refractivity contribution >= 4 is 11.3 Å². The second kappa shape index (κ2) is 6.07. The molecule has 0 bridgehead atoms. The summed E-state index contributed by atoms with van der Waals surface area (Å²) in [5.74, 6) is -0.246. The molecule has 2 aromatic rings. The Balaban J connectivity index is 2.17. The highest BCUT2D eigenvalue weighted by molar-refractivity contribution is 7.11. The maximum atomic E-state index is 13.7. The van der Waals surface area contributed by atoms with Gasteiger partial charge in [-0.3, -0.25) is 4.98 Å². The first-order valence-corrected chi connectivity index (χ1v) is 6.90. The molecule has 0 fully saturated rings. The number of nitrogens with one attached hydrogen (secondary N) is 1. The number of hydrogen-bond acceptors (Lipinski definition) is 3. The van der Waals surface area contributed by atoms with Gasteiger partial charge in [-0.25, -0.2) is 4.39 Å². The van der Waals surface area contributed by atoms with Crippen LogP contribution in [0.5, 0.6) is 0 Å². The van der Waals surface area contributed by atoms with Gasteiger partial charge in [0.05, 0.1) is 6.20 Å². The van der Waals surface area contributed by atoms with E-state index in [1.165, 1.54) is 16.0 Å². The van der Waals surface area contributed by atoms with Gasteiger partial charge in [0.2, 0.25) is 0 Å². The molecule has 0 saturated heterocycles. The molecule has 4 heteroatoms. The summed E-state index contributed by atoms with van der Waals surface area (Å²) in [6, 6.07) is 6.02. The van der Waals surface area contributed by atoms with Crippen LogP contribution in [0.1, 0.15) is 28.3 Å². The summed E-state index contributed by atoms with van der Waals surface area (Å²) < 4.78 is 13.7. The zero-order valence-electron chi connectivity index (χ0n) is 10.6. The lowest BCUT2D eigenvalue weighted by Crippen LogP contribution is -2.19. The Morgan fingerprint density at radius 3 is 2.72 bits per heavy atom.